The molecule has 0 aliphatic heterocycles. The van der Waals surface area contributed by atoms with Crippen LogP contribution in [0.25, 0.3) is 0 Å². The fourth-order valence-corrected chi connectivity index (χ4v) is 3.01. The second-order valence-electron chi connectivity index (χ2n) is 3.87. The Bertz CT molecular complexity index is 412. The molecule has 1 rings (SSSR count). The number of carbonyl (C=O) groups is 1. The summed E-state index contributed by atoms with van der Waals surface area (Å²) in [7, 11) is 3.36. The van der Waals surface area contributed by atoms with Gasteiger partial charge in [-0.3, -0.25) is 4.79 Å². The van der Waals surface area contributed by atoms with Gasteiger partial charge in [-0.05, 0) is 47.6 Å². The Balaban J connectivity index is 2.60. The van der Waals surface area contributed by atoms with Gasteiger partial charge in [0.25, 0.3) is 0 Å². The highest BCUT2D eigenvalue weighted by Gasteiger charge is 2.07. The van der Waals surface area contributed by atoms with Crippen LogP contribution in [-0.4, -0.2) is 25.9 Å². The molecule has 0 radical (unpaired) electrons. The Labute approximate surface area is 121 Å². The highest BCUT2D eigenvalue weighted by molar-refractivity contribution is 9.10. The first kappa shape index (κ1) is 15.5. The van der Waals surface area contributed by atoms with Crippen molar-refractivity contribution in [2.24, 2.45) is 0 Å². The van der Waals surface area contributed by atoms with E-state index in [1.807, 2.05) is 7.05 Å². The first-order chi connectivity index (χ1) is 8.58. The lowest BCUT2D eigenvalue weighted by Gasteiger charge is -2.12. The minimum absolute atomic E-state index is 0.168. The van der Waals surface area contributed by atoms with Gasteiger partial charge in [0.2, 0.25) is 0 Å². The molecule has 0 aliphatic rings. The topological polar surface area (TPSA) is 38.3 Å². The van der Waals surface area contributed by atoms with Crippen molar-refractivity contribution in [1.82, 2.24) is 5.32 Å². The minimum Gasteiger partial charge on any atom is -0.469 e. The van der Waals surface area contributed by atoms with Gasteiger partial charge in [0.1, 0.15) is 0 Å². The molecule has 0 saturated carbocycles. The summed E-state index contributed by atoms with van der Waals surface area (Å²) < 4.78 is 5.68. The van der Waals surface area contributed by atoms with Gasteiger partial charge in [-0.15, -0.1) is 11.8 Å². The van der Waals surface area contributed by atoms with Crippen molar-refractivity contribution in [3.8, 4) is 0 Å². The number of rotatable bonds is 6. The van der Waals surface area contributed by atoms with E-state index in [2.05, 4.69) is 51.1 Å². The lowest BCUT2D eigenvalue weighted by atomic mass is 10.1. The van der Waals surface area contributed by atoms with Gasteiger partial charge in [-0.1, -0.05) is 6.07 Å². The molecule has 1 N–H and O–H groups in total. The smallest absolute Gasteiger partial charge is 0.306 e. The first-order valence-corrected chi connectivity index (χ1v) is 7.52. The standard InChI is InChI=1S/C13H18BrNO2S/c1-9(15-2)10-4-5-12(11(14)8-10)18-7-6-13(16)17-3/h4-5,8-9,15H,6-7H2,1-3H3. The van der Waals surface area contributed by atoms with Gasteiger partial charge in [0.15, 0.2) is 0 Å². The summed E-state index contributed by atoms with van der Waals surface area (Å²) in [6.07, 6.45) is 0.433. The van der Waals surface area contributed by atoms with E-state index in [0.29, 0.717) is 12.5 Å². The number of methoxy groups -OCH3 is 1. The number of nitrogens with one attached hydrogen (secondary N) is 1. The summed E-state index contributed by atoms with van der Waals surface area (Å²) >= 11 is 5.21. The Hall–Kier alpha value is -0.520. The third-order valence-corrected chi connectivity index (χ3v) is 4.67. The molecule has 1 aromatic rings. The highest BCUT2D eigenvalue weighted by atomic mass is 79.9. The summed E-state index contributed by atoms with van der Waals surface area (Å²) in [5.74, 6) is 0.561. The van der Waals surface area contributed by atoms with Crippen molar-refractivity contribution >= 4 is 33.7 Å². The molecular formula is C13H18BrNO2S. The maximum atomic E-state index is 11.0. The van der Waals surface area contributed by atoms with E-state index in [1.165, 1.54) is 12.7 Å². The van der Waals surface area contributed by atoms with E-state index >= 15 is 0 Å². The number of hydrogen-bond acceptors (Lipinski definition) is 4. The number of halogens is 1. The number of hydrogen-bond donors (Lipinski definition) is 1. The van der Waals surface area contributed by atoms with Crippen molar-refractivity contribution < 1.29 is 9.53 Å². The van der Waals surface area contributed by atoms with Crippen LogP contribution in [0.4, 0.5) is 0 Å². The van der Waals surface area contributed by atoms with Crippen LogP contribution in [0.2, 0.25) is 0 Å². The summed E-state index contributed by atoms with van der Waals surface area (Å²) in [5.41, 5.74) is 1.24. The highest BCUT2D eigenvalue weighted by Crippen LogP contribution is 2.30. The number of ether oxygens (including phenoxy) is 1. The van der Waals surface area contributed by atoms with E-state index in [0.717, 1.165) is 15.1 Å². The molecule has 0 heterocycles. The fraction of sp³-hybridized carbons (Fsp3) is 0.462. The lowest BCUT2D eigenvalue weighted by Crippen LogP contribution is -2.12. The van der Waals surface area contributed by atoms with Crippen LogP contribution in [0, 0.1) is 0 Å². The molecule has 0 spiro atoms. The maximum Gasteiger partial charge on any atom is 0.306 e. The molecule has 18 heavy (non-hydrogen) atoms. The Morgan fingerprint density at radius 3 is 2.83 bits per heavy atom. The van der Waals surface area contributed by atoms with Gasteiger partial charge in [0, 0.05) is 21.2 Å². The molecule has 1 unspecified atom stereocenters. The van der Waals surface area contributed by atoms with Crippen LogP contribution in [0.15, 0.2) is 27.6 Å². The number of benzene rings is 1. The summed E-state index contributed by atoms with van der Waals surface area (Å²) in [6.45, 7) is 2.12. The lowest BCUT2D eigenvalue weighted by molar-refractivity contribution is -0.140. The van der Waals surface area contributed by atoms with Crippen LogP contribution in [0.1, 0.15) is 24.9 Å². The van der Waals surface area contributed by atoms with Crippen LogP contribution in [0.5, 0.6) is 0 Å². The number of carbonyl (C=O) groups excluding carboxylic acids is 1. The summed E-state index contributed by atoms with van der Waals surface area (Å²) in [5, 5.41) is 3.20. The van der Waals surface area contributed by atoms with Gasteiger partial charge in [-0.2, -0.15) is 0 Å². The van der Waals surface area contributed by atoms with E-state index < -0.39 is 0 Å². The molecule has 3 nitrogen and oxygen atoms in total. The van der Waals surface area contributed by atoms with Crippen LogP contribution in [-0.2, 0) is 9.53 Å². The molecule has 0 aliphatic carbocycles. The van der Waals surface area contributed by atoms with E-state index in [1.54, 1.807) is 11.8 Å². The molecule has 5 heteroatoms. The Morgan fingerprint density at radius 1 is 1.56 bits per heavy atom. The summed E-state index contributed by atoms with van der Waals surface area (Å²) in [6, 6.07) is 6.62. The fourth-order valence-electron chi connectivity index (χ4n) is 1.42. The molecule has 1 aromatic carbocycles. The van der Waals surface area contributed by atoms with Crippen molar-refractivity contribution in [3.05, 3.63) is 28.2 Å². The third kappa shape index (κ3) is 4.63. The van der Waals surface area contributed by atoms with Gasteiger partial charge >= 0.3 is 5.97 Å². The summed E-state index contributed by atoms with van der Waals surface area (Å²) in [4.78, 5) is 12.2. The van der Waals surface area contributed by atoms with E-state index in [4.69, 9.17) is 0 Å². The molecule has 0 saturated heterocycles. The SMILES string of the molecule is CNC(C)c1ccc(SCCC(=O)OC)c(Br)c1. The molecule has 100 valence electrons. The van der Waals surface area contributed by atoms with Crippen LogP contribution in [0.3, 0.4) is 0 Å². The zero-order chi connectivity index (χ0) is 13.5. The minimum atomic E-state index is -0.168. The molecule has 0 amide bonds. The second-order valence-corrected chi connectivity index (χ2v) is 5.87. The normalized spacial score (nSPS) is 12.2. The van der Waals surface area contributed by atoms with Crippen molar-refractivity contribution in [1.29, 1.82) is 0 Å². The predicted molar refractivity (Wildman–Crippen MR) is 79.0 cm³/mol. The third-order valence-electron chi connectivity index (χ3n) is 2.68. The number of thioether (sulfide) groups is 1. The first-order valence-electron chi connectivity index (χ1n) is 5.74. The molecule has 0 fully saturated rings. The molecule has 0 aromatic heterocycles. The predicted octanol–water partition coefficient (Wildman–Crippen LogP) is 3.38. The zero-order valence-corrected chi connectivity index (χ0v) is 13.2. The second kappa shape index (κ2) is 7.81. The average Bonchev–Trinajstić information content (AvgIpc) is 2.39. The molecule has 0 bridgehead atoms. The van der Waals surface area contributed by atoms with Crippen molar-refractivity contribution in [2.75, 3.05) is 19.9 Å². The van der Waals surface area contributed by atoms with E-state index in [-0.39, 0.29) is 5.97 Å². The van der Waals surface area contributed by atoms with Crippen LogP contribution < -0.4 is 5.32 Å². The van der Waals surface area contributed by atoms with Gasteiger partial charge < -0.3 is 10.1 Å². The van der Waals surface area contributed by atoms with Gasteiger partial charge in [-0.25, -0.2) is 0 Å². The van der Waals surface area contributed by atoms with Crippen molar-refractivity contribution in [2.45, 2.75) is 24.3 Å². The van der Waals surface area contributed by atoms with Gasteiger partial charge in [0.05, 0.1) is 13.5 Å². The maximum absolute atomic E-state index is 11.0. The average molecular weight is 332 g/mol. The Morgan fingerprint density at radius 2 is 2.28 bits per heavy atom. The number of esters is 1. The Kier molecular flexibility index (Phi) is 6.75. The van der Waals surface area contributed by atoms with Crippen molar-refractivity contribution in [3.63, 3.8) is 0 Å². The largest absolute Gasteiger partial charge is 0.469 e. The zero-order valence-electron chi connectivity index (χ0n) is 10.8. The quantitative estimate of drug-likeness (QED) is 0.640. The van der Waals surface area contributed by atoms with E-state index in [9.17, 15) is 4.79 Å². The monoisotopic (exact) mass is 331 g/mol. The molecule has 1 atom stereocenters. The van der Waals surface area contributed by atoms with Crippen LogP contribution >= 0.6 is 27.7 Å². The molecular weight excluding hydrogens is 314 g/mol.